The second-order valence-electron chi connectivity index (χ2n) is 7.17. The highest BCUT2D eigenvalue weighted by Crippen LogP contribution is 2.31. The molecule has 0 saturated heterocycles. The number of benzene rings is 1. The summed E-state index contributed by atoms with van der Waals surface area (Å²) in [4.78, 5) is 14.6. The summed E-state index contributed by atoms with van der Waals surface area (Å²) in [6, 6.07) is 11.5. The minimum atomic E-state index is -0.503. The van der Waals surface area contributed by atoms with Crippen molar-refractivity contribution in [3.63, 3.8) is 0 Å². The van der Waals surface area contributed by atoms with Gasteiger partial charge in [0.25, 0.3) is 0 Å². The first-order chi connectivity index (χ1) is 13.9. The van der Waals surface area contributed by atoms with Crippen molar-refractivity contribution in [3.05, 3.63) is 70.9 Å². The van der Waals surface area contributed by atoms with E-state index in [1.807, 2.05) is 61.0 Å². The predicted octanol–water partition coefficient (Wildman–Crippen LogP) is 3.82. The summed E-state index contributed by atoms with van der Waals surface area (Å²) in [6.07, 6.45) is 3.45. The largest absolute Gasteiger partial charge is 0.479 e. The van der Waals surface area contributed by atoms with Crippen LogP contribution >= 0.6 is 11.6 Å². The van der Waals surface area contributed by atoms with E-state index in [2.05, 4.69) is 27.4 Å². The van der Waals surface area contributed by atoms with Crippen LogP contribution < -0.4 is 10.1 Å². The first-order valence-corrected chi connectivity index (χ1v) is 9.63. The van der Waals surface area contributed by atoms with Gasteiger partial charge in [-0.2, -0.15) is 0 Å². The standard InChI is InChI=1S/C21H22ClN5O2/c1-13-11-27(12-23-13)18-10-9-17(24-20(18)28-4)19-25-21(3,14(2)29-26-19)15-5-7-16(22)8-6-15/h5-12,14H,1-4H3,(H,25,26)/t14-,21-/m1/s1. The maximum atomic E-state index is 6.05. The zero-order chi connectivity index (χ0) is 20.6. The molecule has 2 atom stereocenters. The molecule has 0 aliphatic carbocycles. The summed E-state index contributed by atoms with van der Waals surface area (Å²) in [5.74, 6) is 1.00. The Bertz CT molecular complexity index is 1060. The highest BCUT2D eigenvalue weighted by atomic mass is 35.5. The van der Waals surface area contributed by atoms with Crippen LogP contribution in [0.15, 0.2) is 54.1 Å². The van der Waals surface area contributed by atoms with Gasteiger partial charge < -0.3 is 19.5 Å². The van der Waals surface area contributed by atoms with Gasteiger partial charge in [-0.3, -0.25) is 0 Å². The highest BCUT2D eigenvalue weighted by molar-refractivity contribution is 6.30. The molecule has 29 heavy (non-hydrogen) atoms. The molecule has 0 amide bonds. The Balaban J connectivity index is 1.68. The van der Waals surface area contributed by atoms with Crippen LogP contribution in [0.25, 0.3) is 5.69 Å². The van der Waals surface area contributed by atoms with Crippen molar-refractivity contribution < 1.29 is 9.57 Å². The van der Waals surface area contributed by atoms with Gasteiger partial charge in [0, 0.05) is 11.2 Å². The fraction of sp³-hybridized carbons (Fsp3) is 0.286. The van der Waals surface area contributed by atoms with E-state index in [0.29, 0.717) is 22.4 Å². The molecule has 8 heteroatoms. The van der Waals surface area contributed by atoms with Crippen LogP contribution in [-0.4, -0.2) is 33.6 Å². The molecular formula is C21H22ClN5O2. The van der Waals surface area contributed by atoms with Crippen molar-refractivity contribution in [1.29, 1.82) is 0 Å². The summed E-state index contributed by atoms with van der Waals surface area (Å²) in [5.41, 5.74) is 2.86. The van der Waals surface area contributed by atoms with Crippen LogP contribution in [0.3, 0.4) is 0 Å². The highest BCUT2D eigenvalue weighted by Gasteiger charge is 2.39. The second-order valence-corrected chi connectivity index (χ2v) is 7.61. The molecule has 1 N–H and O–H groups in total. The number of nitrogens with zero attached hydrogens (tertiary/aromatic N) is 4. The zero-order valence-electron chi connectivity index (χ0n) is 16.7. The van der Waals surface area contributed by atoms with Gasteiger partial charge in [0.2, 0.25) is 5.88 Å². The number of aryl methyl sites for hydroxylation is 1. The van der Waals surface area contributed by atoms with Crippen LogP contribution in [0.1, 0.15) is 30.8 Å². The Kier molecular flexibility index (Phi) is 4.92. The third-order valence-electron chi connectivity index (χ3n) is 5.20. The number of oxime groups is 1. The lowest BCUT2D eigenvalue weighted by molar-refractivity contribution is -0.00471. The van der Waals surface area contributed by atoms with Crippen molar-refractivity contribution in [2.75, 3.05) is 7.11 Å². The van der Waals surface area contributed by atoms with Crippen molar-refractivity contribution in [2.45, 2.75) is 32.4 Å². The topological polar surface area (TPSA) is 73.6 Å². The average Bonchev–Trinajstić information content (AvgIpc) is 3.16. The number of rotatable bonds is 4. The third-order valence-corrected chi connectivity index (χ3v) is 5.46. The summed E-state index contributed by atoms with van der Waals surface area (Å²) in [7, 11) is 1.59. The number of nitrogens with one attached hydrogen (secondary N) is 1. The monoisotopic (exact) mass is 411 g/mol. The molecule has 3 heterocycles. The quantitative estimate of drug-likeness (QED) is 0.706. The Morgan fingerprint density at radius 3 is 2.62 bits per heavy atom. The van der Waals surface area contributed by atoms with Gasteiger partial charge in [0.15, 0.2) is 11.9 Å². The lowest BCUT2D eigenvalue weighted by atomic mass is 9.86. The van der Waals surface area contributed by atoms with E-state index in [9.17, 15) is 0 Å². The Morgan fingerprint density at radius 1 is 1.21 bits per heavy atom. The van der Waals surface area contributed by atoms with Gasteiger partial charge in [0.1, 0.15) is 16.9 Å². The second kappa shape index (κ2) is 7.40. The first-order valence-electron chi connectivity index (χ1n) is 9.25. The van der Waals surface area contributed by atoms with E-state index < -0.39 is 5.54 Å². The molecule has 3 aromatic rings. The number of hydrogen-bond acceptors (Lipinski definition) is 6. The fourth-order valence-electron chi connectivity index (χ4n) is 3.29. The molecular weight excluding hydrogens is 390 g/mol. The van der Waals surface area contributed by atoms with Gasteiger partial charge in [-0.15, -0.1) is 0 Å². The van der Waals surface area contributed by atoms with Crippen LogP contribution in [-0.2, 0) is 10.4 Å². The number of halogens is 1. The number of amidine groups is 1. The van der Waals surface area contributed by atoms with Gasteiger partial charge in [-0.25, -0.2) is 9.97 Å². The Hall–Kier alpha value is -3.06. The molecule has 0 radical (unpaired) electrons. The average molecular weight is 412 g/mol. The summed E-state index contributed by atoms with van der Waals surface area (Å²) in [6.45, 7) is 5.97. The number of pyridine rings is 1. The number of aromatic nitrogens is 3. The van der Waals surface area contributed by atoms with Gasteiger partial charge in [-0.1, -0.05) is 28.9 Å². The molecule has 0 unspecified atom stereocenters. The van der Waals surface area contributed by atoms with Crippen LogP contribution in [0.2, 0.25) is 5.02 Å². The minimum Gasteiger partial charge on any atom is -0.479 e. The molecule has 0 bridgehead atoms. The first kappa shape index (κ1) is 19.3. The van der Waals surface area contributed by atoms with Crippen LogP contribution in [0.5, 0.6) is 5.88 Å². The third kappa shape index (κ3) is 3.53. The minimum absolute atomic E-state index is 0.192. The molecule has 4 rings (SSSR count). The van der Waals surface area contributed by atoms with E-state index in [0.717, 1.165) is 16.9 Å². The van der Waals surface area contributed by atoms with E-state index in [1.54, 1.807) is 13.4 Å². The smallest absolute Gasteiger partial charge is 0.238 e. The number of ether oxygens (including phenoxy) is 1. The van der Waals surface area contributed by atoms with E-state index >= 15 is 0 Å². The lowest BCUT2D eigenvalue weighted by Gasteiger charge is -2.39. The number of imidazole rings is 1. The molecule has 1 aliphatic heterocycles. The van der Waals surface area contributed by atoms with E-state index in [4.69, 9.17) is 21.2 Å². The summed E-state index contributed by atoms with van der Waals surface area (Å²) >= 11 is 6.05. The molecule has 1 aliphatic rings. The number of methoxy groups -OCH3 is 1. The van der Waals surface area contributed by atoms with E-state index in [1.165, 1.54) is 0 Å². The predicted molar refractivity (Wildman–Crippen MR) is 112 cm³/mol. The van der Waals surface area contributed by atoms with Crippen molar-refractivity contribution in [3.8, 4) is 11.6 Å². The van der Waals surface area contributed by atoms with Gasteiger partial charge >= 0.3 is 0 Å². The maximum absolute atomic E-state index is 6.05. The molecule has 0 fully saturated rings. The fourth-order valence-corrected chi connectivity index (χ4v) is 3.41. The molecule has 1 aromatic carbocycles. The Morgan fingerprint density at radius 2 is 1.97 bits per heavy atom. The molecule has 0 spiro atoms. The van der Waals surface area contributed by atoms with Gasteiger partial charge in [0.05, 0.1) is 19.1 Å². The lowest BCUT2D eigenvalue weighted by Crippen LogP contribution is -2.54. The number of hydrogen-bond donors (Lipinski definition) is 1. The normalized spacial score (nSPS) is 21.1. The van der Waals surface area contributed by atoms with Crippen molar-refractivity contribution >= 4 is 17.4 Å². The Labute approximate surface area is 174 Å². The SMILES string of the molecule is COc1nc(C2=NO[C@H](C)[C@](C)(c3ccc(Cl)cc3)N2)ccc1-n1cnc(C)c1. The van der Waals surface area contributed by atoms with E-state index in [-0.39, 0.29) is 6.10 Å². The molecule has 150 valence electrons. The van der Waals surface area contributed by atoms with Crippen LogP contribution in [0.4, 0.5) is 0 Å². The summed E-state index contributed by atoms with van der Waals surface area (Å²) in [5, 5.41) is 8.42. The zero-order valence-corrected chi connectivity index (χ0v) is 17.4. The van der Waals surface area contributed by atoms with Gasteiger partial charge in [-0.05, 0) is 50.6 Å². The van der Waals surface area contributed by atoms with Crippen LogP contribution in [0, 0.1) is 6.92 Å². The van der Waals surface area contributed by atoms with Crippen molar-refractivity contribution in [1.82, 2.24) is 19.9 Å². The maximum Gasteiger partial charge on any atom is 0.238 e. The van der Waals surface area contributed by atoms with Crippen molar-refractivity contribution in [2.24, 2.45) is 5.16 Å². The summed E-state index contributed by atoms with van der Waals surface area (Å²) < 4.78 is 7.39. The molecule has 2 aromatic heterocycles. The molecule has 7 nitrogen and oxygen atoms in total. The molecule has 0 saturated carbocycles.